The van der Waals surface area contributed by atoms with Gasteiger partial charge in [0.25, 0.3) is 0 Å². The molecule has 114 valence electrons. The Hall–Kier alpha value is -0.160. The Bertz CT molecular complexity index is 234. The van der Waals surface area contributed by atoms with E-state index >= 15 is 0 Å². The van der Waals surface area contributed by atoms with Crippen LogP contribution < -0.4 is 5.32 Å². The molecule has 1 rings (SSSR count). The molecule has 2 unspecified atom stereocenters. The molecule has 0 aromatic rings. The molecule has 0 aromatic heterocycles. The van der Waals surface area contributed by atoms with Gasteiger partial charge in [0.2, 0.25) is 0 Å². The molecule has 2 N–H and O–H groups in total. The van der Waals surface area contributed by atoms with Crippen molar-refractivity contribution in [3.8, 4) is 0 Å². The molecule has 2 atom stereocenters. The molecule has 1 aliphatic rings. The molecule has 0 amide bonds. The fraction of sp³-hybridized carbons (Fsp3) is 1.00. The Labute approximate surface area is 118 Å². The van der Waals surface area contributed by atoms with Crippen LogP contribution in [-0.4, -0.2) is 61.5 Å². The van der Waals surface area contributed by atoms with Crippen molar-refractivity contribution in [1.82, 2.24) is 10.2 Å². The maximum Gasteiger partial charge on any atom is 0.0897 e. The zero-order valence-corrected chi connectivity index (χ0v) is 13.1. The van der Waals surface area contributed by atoms with Gasteiger partial charge >= 0.3 is 0 Å². The highest BCUT2D eigenvalue weighted by atomic mass is 16.5. The summed E-state index contributed by atoms with van der Waals surface area (Å²) in [6.07, 6.45) is 0.881. The Morgan fingerprint density at radius 3 is 2.58 bits per heavy atom. The van der Waals surface area contributed by atoms with Crippen molar-refractivity contribution in [2.24, 2.45) is 11.8 Å². The van der Waals surface area contributed by atoms with Crippen LogP contribution in [-0.2, 0) is 4.74 Å². The minimum atomic E-state index is -0.388. The van der Waals surface area contributed by atoms with Gasteiger partial charge in [0, 0.05) is 25.7 Å². The second-order valence-electron chi connectivity index (χ2n) is 6.49. The lowest BCUT2D eigenvalue weighted by Crippen LogP contribution is -2.35. The summed E-state index contributed by atoms with van der Waals surface area (Å²) >= 11 is 0. The van der Waals surface area contributed by atoms with Crippen molar-refractivity contribution < 1.29 is 9.84 Å². The molecule has 0 bridgehead atoms. The molecule has 4 nitrogen and oxygen atoms in total. The second-order valence-corrected chi connectivity index (χ2v) is 6.49. The van der Waals surface area contributed by atoms with Crippen molar-refractivity contribution in [2.45, 2.75) is 46.3 Å². The van der Waals surface area contributed by atoms with Gasteiger partial charge in [0.1, 0.15) is 0 Å². The summed E-state index contributed by atoms with van der Waals surface area (Å²) < 4.78 is 5.43. The number of nitrogens with zero attached hydrogens (tertiary/aromatic N) is 1. The molecule has 1 saturated heterocycles. The van der Waals surface area contributed by atoms with Crippen LogP contribution in [0.25, 0.3) is 0 Å². The summed E-state index contributed by atoms with van der Waals surface area (Å²) in [4.78, 5) is 2.52. The van der Waals surface area contributed by atoms with Gasteiger partial charge in [0.05, 0.1) is 12.7 Å². The van der Waals surface area contributed by atoms with Gasteiger partial charge in [-0.25, -0.2) is 0 Å². The summed E-state index contributed by atoms with van der Waals surface area (Å²) in [7, 11) is 0. The lowest BCUT2D eigenvalue weighted by Gasteiger charge is -2.20. The normalized spacial score (nSPS) is 22.6. The van der Waals surface area contributed by atoms with Crippen molar-refractivity contribution in [2.75, 3.05) is 39.4 Å². The third-order valence-electron chi connectivity index (χ3n) is 3.62. The largest absolute Gasteiger partial charge is 0.389 e. The predicted molar refractivity (Wildman–Crippen MR) is 79.3 cm³/mol. The number of aliphatic hydroxyl groups is 1. The molecule has 1 fully saturated rings. The minimum Gasteiger partial charge on any atom is -0.389 e. The molecule has 1 heterocycles. The smallest absolute Gasteiger partial charge is 0.0897 e. The Kier molecular flexibility index (Phi) is 7.91. The molecule has 0 radical (unpaired) electrons. The molecule has 0 aliphatic carbocycles. The van der Waals surface area contributed by atoms with Crippen LogP contribution >= 0.6 is 0 Å². The first kappa shape index (κ1) is 16.9. The van der Waals surface area contributed by atoms with E-state index in [0.29, 0.717) is 25.1 Å². The number of rotatable bonds is 9. The average molecular weight is 272 g/mol. The zero-order chi connectivity index (χ0) is 14.3. The summed E-state index contributed by atoms with van der Waals surface area (Å²) in [6, 6.07) is 0.653. The highest BCUT2D eigenvalue weighted by Gasteiger charge is 2.23. The highest BCUT2D eigenvalue weighted by Crippen LogP contribution is 2.17. The van der Waals surface area contributed by atoms with E-state index in [9.17, 15) is 5.11 Å². The predicted octanol–water partition coefficient (Wildman–Crippen LogP) is 1.34. The molecule has 0 spiro atoms. The van der Waals surface area contributed by atoms with Crippen LogP contribution in [0.3, 0.4) is 0 Å². The van der Waals surface area contributed by atoms with Gasteiger partial charge in [-0.15, -0.1) is 0 Å². The first-order chi connectivity index (χ1) is 8.99. The van der Waals surface area contributed by atoms with E-state index in [2.05, 4.69) is 37.9 Å². The van der Waals surface area contributed by atoms with Crippen molar-refractivity contribution >= 4 is 0 Å². The highest BCUT2D eigenvalue weighted by molar-refractivity contribution is 4.79. The van der Waals surface area contributed by atoms with Crippen molar-refractivity contribution in [1.29, 1.82) is 0 Å². The molecule has 0 saturated carbocycles. The van der Waals surface area contributed by atoms with Crippen LogP contribution in [0.1, 0.15) is 34.1 Å². The number of nitrogens with one attached hydrogen (secondary N) is 1. The first-order valence-electron chi connectivity index (χ1n) is 7.69. The number of likely N-dealkylation sites (tertiary alicyclic amines) is 1. The number of aliphatic hydroxyl groups excluding tert-OH is 1. The summed E-state index contributed by atoms with van der Waals surface area (Å²) in [6.45, 7) is 13.9. The van der Waals surface area contributed by atoms with Crippen LogP contribution in [0.5, 0.6) is 0 Å². The van der Waals surface area contributed by atoms with E-state index in [1.165, 1.54) is 19.5 Å². The first-order valence-corrected chi connectivity index (χ1v) is 7.69. The van der Waals surface area contributed by atoms with Crippen LogP contribution in [0.15, 0.2) is 0 Å². The fourth-order valence-corrected chi connectivity index (χ4v) is 2.45. The monoisotopic (exact) mass is 272 g/mol. The third-order valence-corrected chi connectivity index (χ3v) is 3.62. The number of hydrogen-bond donors (Lipinski definition) is 2. The van der Waals surface area contributed by atoms with E-state index in [-0.39, 0.29) is 6.10 Å². The minimum absolute atomic E-state index is 0.388. The molecule has 0 aromatic carbocycles. The molecule has 19 heavy (non-hydrogen) atoms. The molecular formula is C15H32N2O2. The van der Waals surface area contributed by atoms with Gasteiger partial charge < -0.3 is 20.1 Å². The maximum atomic E-state index is 9.78. The third kappa shape index (κ3) is 7.25. The maximum absolute atomic E-state index is 9.78. The lowest BCUT2D eigenvalue weighted by molar-refractivity contribution is 0.0258. The van der Waals surface area contributed by atoms with E-state index < -0.39 is 0 Å². The van der Waals surface area contributed by atoms with Crippen molar-refractivity contribution in [3.63, 3.8) is 0 Å². The van der Waals surface area contributed by atoms with Gasteiger partial charge in [-0.1, -0.05) is 13.8 Å². The quantitative estimate of drug-likeness (QED) is 0.665. The SMILES string of the molecule is CC(C)COCC(O)CNCC1CCN(C(C)C)C1. The Morgan fingerprint density at radius 1 is 1.26 bits per heavy atom. The van der Waals surface area contributed by atoms with Crippen LogP contribution in [0.4, 0.5) is 0 Å². The number of hydrogen-bond acceptors (Lipinski definition) is 4. The van der Waals surface area contributed by atoms with E-state index in [4.69, 9.17) is 4.74 Å². The van der Waals surface area contributed by atoms with E-state index in [1.54, 1.807) is 0 Å². The van der Waals surface area contributed by atoms with Gasteiger partial charge in [-0.3, -0.25) is 0 Å². The summed E-state index contributed by atoms with van der Waals surface area (Å²) in [5.74, 6) is 1.26. The molecule has 4 heteroatoms. The van der Waals surface area contributed by atoms with Crippen LogP contribution in [0, 0.1) is 11.8 Å². The topological polar surface area (TPSA) is 44.7 Å². The lowest BCUT2D eigenvalue weighted by atomic mass is 10.1. The Morgan fingerprint density at radius 2 is 2.00 bits per heavy atom. The molecular weight excluding hydrogens is 240 g/mol. The number of ether oxygens (including phenoxy) is 1. The standard InChI is InChI=1S/C15H32N2O2/c1-12(2)10-19-11-15(18)8-16-7-14-5-6-17(9-14)13(3)4/h12-16,18H,5-11H2,1-4H3. The summed E-state index contributed by atoms with van der Waals surface area (Å²) in [5, 5.41) is 13.1. The Balaban J connectivity index is 2.01. The average Bonchev–Trinajstić information content (AvgIpc) is 2.77. The summed E-state index contributed by atoms with van der Waals surface area (Å²) in [5.41, 5.74) is 0. The van der Waals surface area contributed by atoms with Crippen LogP contribution in [0.2, 0.25) is 0 Å². The van der Waals surface area contributed by atoms with Gasteiger partial charge in [0.15, 0.2) is 0 Å². The van der Waals surface area contributed by atoms with Crippen molar-refractivity contribution in [3.05, 3.63) is 0 Å². The fourth-order valence-electron chi connectivity index (χ4n) is 2.45. The van der Waals surface area contributed by atoms with Gasteiger partial charge in [-0.2, -0.15) is 0 Å². The zero-order valence-electron chi connectivity index (χ0n) is 13.1. The molecule has 1 aliphatic heterocycles. The van der Waals surface area contributed by atoms with Gasteiger partial charge in [-0.05, 0) is 45.2 Å². The second kappa shape index (κ2) is 8.90. The van der Waals surface area contributed by atoms with E-state index in [1.807, 2.05) is 0 Å². The van der Waals surface area contributed by atoms with E-state index in [0.717, 1.165) is 19.1 Å².